The quantitative estimate of drug-likeness (QED) is 0.922. The molecule has 1 aliphatic rings. The van der Waals surface area contributed by atoms with Gasteiger partial charge >= 0.3 is 5.97 Å². The molecule has 0 saturated carbocycles. The second kappa shape index (κ2) is 6.72. The van der Waals surface area contributed by atoms with Crippen LogP contribution in [-0.2, 0) is 11.3 Å². The zero-order chi connectivity index (χ0) is 16.4. The third kappa shape index (κ3) is 3.57. The van der Waals surface area contributed by atoms with Crippen LogP contribution in [0.25, 0.3) is 11.3 Å². The lowest BCUT2D eigenvalue weighted by molar-refractivity contribution is -0.145. The molecule has 2 aromatic rings. The number of carbonyl (C=O) groups is 1. The highest BCUT2D eigenvalue weighted by molar-refractivity contribution is 6.30. The monoisotopic (exact) mass is 334 g/mol. The minimum absolute atomic E-state index is 0.422. The number of nitrogens with zero attached hydrogens (tertiary/aromatic N) is 2. The Kier molecular flexibility index (Phi) is 4.68. The van der Waals surface area contributed by atoms with E-state index in [-0.39, 0.29) is 0 Å². The van der Waals surface area contributed by atoms with Crippen molar-refractivity contribution in [3.05, 3.63) is 40.9 Å². The molecule has 23 heavy (non-hydrogen) atoms. The van der Waals surface area contributed by atoms with E-state index in [1.54, 1.807) is 0 Å². The van der Waals surface area contributed by atoms with Gasteiger partial charge in [0.15, 0.2) is 5.76 Å². The van der Waals surface area contributed by atoms with Crippen molar-refractivity contribution >= 4 is 17.6 Å². The van der Waals surface area contributed by atoms with Crippen molar-refractivity contribution in [1.82, 2.24) is 9.88 Å². The highest BCUT2D eigenvalue weighted by Gasteiger charge is 2.29. The number of carboxylic acids is 1. The zero-order valence-electron chi connectivity index (χ0n) is 13.0. The van der Waals surface area contributed by atoms with Crippen LogP contribution in [0.4, 0.5) is 0 Å². The fourth-order valence-corrected chi connectivity index (χ4v) is 3.15. The number of aliphatic carboxylic acids is 1. The molecule has 122 valence electrons. The van der Waals surface area contributed by atoms with Gasteiger partial charge in [0, 0.05) is 10.6 Å². The van der Waals surface area contributed by atoms with E-state index in [2.05, 4.69) is 4.98 Å². The topological polar surface area (TPSA) is 66.6 Å². The van der Waals surface area contributed by atoms with E-state index in [1.165, 1.54) is 0 Å². The van der Waals surface area contributed by atoms with Gasteiger partial charge in [-0.2, -0.15) is 0 Å². The first-order valence-electron chi connectivity index (χ1n) is 7.73. The molecule has 1 saturated heterocycles. The van der Waals surface area contributed by atoms with E-state index in [9.17, 15) is 9.90 Å². The smallest absolute Gasteiger partial charge is 0.320 e. The fraction of sp³-hybridized carbons (Fsp3) is 0.412. The van der Waals surface area contributed by atoms with E-state index in [4.69, 9.17) is 16.0 Å². The van der Waals surface area contributed by atoms with Gasteiger partial charge < -0.3 is 9.52 Å². The third-order valence-corrected chi connectivity index (χ3v) is 4.44. The number of halogens is 1. The van der Waals surface area contributed by atoms with Crippen molar-refractivity contribution in [2.75, 3.05) is 6.54 Å². The molecule has 0 aliphatic carbocycles. The minimum Gasteiger partial charge on any atom is -0.480 e. The van der Waals surface area contributed by atoms with Crippen LogP contribution in [0.3, 0.4) is 0 Å². The van der Waals surface area contributed by atoms with Crippen molar-refractivity contribution in [3.8, 4) is 11.3 Å². The van der Waals surface area contributed by atoms with Crippen LogP contribution in [0.15, 0.2) is 28.7 Å². The predicted molar refractivity (Wildman–Crippen MR) is 87.4 cm³/mol. The van der Waals surface area contributed by atoms with Gasteiger partial charge in [0.25, 0.3) is 0 Å². The van der Waals surface area contributed by atoms with Crippen LogP contribution in [-0.4, -0.2) is 33.5 Å². The Morgan fingerprint density at radius 1 is 1.39 bits per heavy atom. The fourth-order valence-electron chi connectivity index (χ4n) is 3.02. The highest BCUT2D eigenvalue weighted by Crippen LogP contribution is 2.27. The summed E-state index contributed by atoms with van der Waals surface area (Å²) in [5.74, 6) is 0.493. The second-order valence-electron chi connectivity index (χ2n) is 5.85. The maximum atomic E-state index is 11.4. The number of carboxylic acid groups (broad SMARTS) is 1. The number of piperidine rings is 1. The summed E-state index contributed by atoms with van der Waals surface area (Å²) in [6.07, 6.45) is 2.64. The Hall–Kier alpha value is -1.85. The lowest BCUT2D eigenvalue weighted by Gasteiger charge is -2.31. The van der Waals surface area contributed by atoms with E-state index in [1.807, 2.05) is 36.1 Å². The third-order valence-electron chi connectivity index (χ3n) is 4.18. The van der Waals surface area contributed by atoms with Crippen LogP contribution in [0.5, 0.6) is 0 Å². The average Bonchev–Trinajstić information content (AvgIpc) is 2.89. The average molecular weight is 335 g/mol. The molecule has 2 heterocycles. The Bertz CT molecular complexity index is 696. The zero-order valence-corrected chi connectivity index (χ0v) is 13.7. The Labute approximate surface area is 139 Å². The van der Waals surface area contributed by atoms with E-state index in [0.717, 1.165) is 30.6 Å². The Balaban J connectivity index is 1.80. The van der Waals surface area contributed by atoms with Gasteiger partial charge in [-0.15, -0.1) is 0 Å². The first-order valence-corrected chi connectivity index (χ1v) is 8.11. The van der Waals surface area contributed by atoms with E-state index >= 15 is 0 Å². The van der Waals surface area contributed by atoms with Gasteiger partial charge in [0.1, 0.15) is 6.04 Å². The molecule has 1 aliphatic heterocycles. The van der Waals surface area contributed by atoms with Crippen LogP contribution in [0.2, 0.25) is 5.02 Å². The molecule has 6 heteroatoms. The number of aryl methyl sites for hydroxylation is 1. The summed E-state index contributed by atoms with van der Waals surface area (Å²) in [7, 11) is 0. The van der Waals surface area contributed by atoms with Crippen molar-refractivity contribution in [2.24, 2.45) is 0 Å². The SMILES string of the molecule is Cc1nc(CN2CCCC[C@H]2C(=O)O)oc1-c1ccc(Cl)cc1. The van der Waals surface area contributed by atoms with Gasteiger partial charge in [-0.25, -0.2) is 4.98 Å². The molecule has 0 unspecified atom stereocenters. The highest BCUT2D eigenvalue weighted by atomic mass is 35.5. The molecule has 0 radical (unpaired) electrons. The first-order chi connectivity index (χ1) is 11.0. The van der Waals surface area contributed by atoms with Gasteiger partial charge in [0.2, 0.25) is 5.89 Å². The summed E-state index contributed by atoms with van der Waals surface area (Å²) in [5.41, 5.74) is 1.71. The molecule has 0 bridgehead atoms. The van der Waals surface area contributed by atoms with Crippen LogP contribution < -0.4 is 0 Å². The van der Waals surface area contributed by atoms with Crippen molar-refractivity contribution in [1.29, 1.82) is 0 Å². The van der Waals surface area contributed by atoms with Crippen LogP contribution >= 0.6 is 11.6 Å². The van der Waals surface area contributed by atoms with E-state index in [0.29, 0.717) is 29.6 Å². The van der Waals surface area contributed by atoms with Crippen molar-refractivity contribution in [3.63, 3.8) is 0 Å². The van der Waals surface area contributed by atoms with E-state index < -0.39 is 12.0 Å². The van der Waals surface area contributed by atoms with Crippen molar-refractivity contribution in [2.45, 2.75) is 38.8 Å². The Morgan fingerprint density at radius 3 is 2.83 bits per heavy atom. The molecule has 1 atom stereocenters. The second-order valence-corrected chi connectivity index (χ2v) is 6.29. The van der Waals surface area contributed by atoms with Gasteiger partial charge in [0.05, 0.1) is 12.2 Å². The number of hydrogen-bond acceptors (Lipinski definition) is 4. The molecular formula is C17H19ClN2O3. The lowest BCUT2D eigenvalue weighted by Crippen LogP contribution is -2.44. The van der Waals surface area contributed by atoms with Gasteiger partial charge in [-0.05, 0) is 50.6 Å². The summed E-state index contributed by atoms with van der Waals surface area (Å²) >= 11 is 5.91. The predicted octanol–water partition coefficient (Wildman–Crippen LogP) is 3.74. The number of benzene rings is 1. The molecular weight excluding hydrogens is 316 g/mol. The number of likely N-dealkylation sites (tertiary alicyclic amines) is 1. The Morgan fingerprint density at radius 2 is 2.13 bits per heavy atom. The largest absolute Gasteiger partial charge is 0.480 e. The maximum Gasteiger partial charge on any atom is 0.320 e. The molecule has 1 N–H and O–H groups in total. The lowest BCUT2D eigenvalue weighted by atomic mass is 10.0. The molecule has 0 spiro atoms. The summed E-state index contributed by atoms with van der Waals surface area (Å²) in [5, 5.41) is 10.0. The number of rotatable bonds is 4. The minimum atomic E-state index is -0.772. The van der Waals surface area contributed by atoms with Crippen LogP contribution in [0, 0.1) is 6.92 Å². The normalized spacial score (nSPS) is 19.0. The molecule has 1 aromatic carbocycles. The standard InChI is InChI=1S/C17H19ClN2O3/c1-11-16(12-5-7-13(18)8-6-12)23-15(19-11)10-20-9-3-2-4-14(20)17(21)22/h5-8,14H,2-4,9-10H2,1H3,(H,21,22)/t14-/m0/s1. The summed E-state index contributed by atoms with van der Waals surface area (Å²) in [6.45, 7) is 3.07. The number of hydrogen-bond donors (Lipinski definition) is 1. The molecule has 0 amide bonds. The number of aromatic nitrogens is 1. The maximum absolute atomic E-state index is 11.4. The number of oxazole rings is 1. The van der Waals surface area contributed by atoms with Crippen LogP contribution in [0.1, 0.15) is 30.8 Å². The molecule has 1 aromatic heterocycles. The van der Waals surface area contributed by atoms with Crippen molar-refractivity contribution < 1.29 is 14.3 Å². The molecule has 1 fully saturated rings. The van der Waals surface area contributed by atoms with Gasteiger partial charge in [-0.3, -0.25) is 9.69 Å². The summed E-state index contributed by atoms with van der Waals surface area (Å²) in [4.78, 5) is 17.8. The molecule has 5 nitrogen and oxygen atoms in total. The summed E-state index contributed by atoms with van der Waals surface area (Å²) < 4.78 is 5.88. The van der Waals surface area contributed by atoms with Gasteiger partial charge in [-0.1, -0.05) is 18.0 Å². The molecule has 3 rings (SSSR count). The first kappa shape index (κ1) is 16.0. The summed E-state index contributed by atoms with van der Waals surface area (Å²) in [6, 6.07) is 6.95.